The number of benzene rings is 3. The number of allylic oxidation sites excluding steroid dienone is 1. The first-order valence-corrected chi connectivity index (χ1v) is 8.13. The minimum atomic E-state index is -0.250. The van der Waals surface area contributed by atoms with Gasteiger partial charge in [0.05, 0.1) is 0 Å². The van der Waals surface area contributed by atoms with Crippen LogP contribution in [0.1, 0.15) is 44.7 Å². The number of rotatable bonds is 0. The first-order valence-electron chi connectivity index (χ1n) is 8.13. The summed E-state index contributed by atoms with van der Waals surface area (Å²) >= 11 is 0. The molecule has 0 amide bonds. The van der Waals surface area contributed by atoms with Gasteiger partial charge in [-0.1, -0.05) is 87.5 Å². The molecule has 3 aromatic carbocycles. The molecule has 1 atom stereocenters. The molecule has 1 nitrogen and oxygen atoms in total. The molecule has 1 N–H and O–H groups in total. The number of fused-ring (bicyclic) bond motifs is 5. The number of nitrogens with one attached hydrogen (secondary N) is 1. The van der Waals surface area contributed by atoms with Gasteiger partial charge in [-0.3, -0.25) is 6.08 Å². The molecule has 0 aromatic heterocycles. The molecule has 0 saturated carbocycles. The van der Waals surface area contributed by atoms with Gasteiger partial charge in [0.15, 0.2) is 0 Å². The standard InChI is InChI=1S/C18H13.C4H10N.2CH3.2ClH.Si.Ti/c1-12-6-8-16-14(12)10-11-17-15-5-3-2-4-13(15)7-9-18(16)17;1-4(2,3)5;;;;;;/h2-5,7-12H,1H3;5H,1-3H3;2*1H3;2*1H;;/q4*-1;;;;+2/p-2. The summed E-state index contributed by atoms with van der Waals surface area (Å²) in [7, 11) is 0. The molecule has 1 unspecified atom stereocenters. The van der Waals surface area contributed by atoms with E-state index in [0.717, 1.165) is 0 Å². The van der Waals surface area contributed by atoms with Crippen LogP contribution in [0.15, 0.2) is 48.5 Å². The molecule has 1 aliphatic carbocycles. The van der Waals surface area contributed by atoms with Crippen LogP contribution in [0.5, 0.6) is 0 Å². The fourth-order valence-electron chi connectivity index (χ4n) is 2.97. The van der Waals surface area contributed by atoms with Gasteiger partial charge in [-0.2, -0.15) is 5.56 Å². The van der Waals surface area contributed by atoms with Crippen LogP contribution in [-0.2, 0) is 21.7 Å². The predicted molar refractivity (Wildman–Crippen MR) is 120 cm³/mol. The van der Waals surface area contributed by atoms with Gasteiger partial charge >= 0.3 is 21.7 Å². The smallest absolute Gasteiger partial charge is 1.00 e. The van der Waals surface area contributed by atoms with Crippen molar-refractivity contribution in [2.24, 2.45) is 0 Å². The van der Waals surface area contributed by atoms with Crippen molar-refractivity contribution < 1.29 is 46.5 Å². The largest absolute Gasteiger partial charge is 2.00 e. The molecule has 0 saturated heterocycles. The van der Waals surface area contributed by atoms with Crippen LogP contribution in [0, 0.1) is 20.9 Å². The minimum Gasteiger partial charge on any atom is -1.00 e. The zero-order valence-electron chi connectivity index (χ0n) is 18.0. The zero-order chi connectivity index (χ0) is 16.6. The second-order valence-corrected chi connectivity index (χ2v) is 7.23. The zero-order valence-corrected chi connectivity index (χ0v) is 22.1. The van der Waals surface area contributed by atoms with Gasteiger partial charge in [-0.25, -0.2) is 6.08 Å². The molecule has 1 aliphatic rings. The van der Waals surface area contributed by atoms with E-state index in [4.69, 9.17) is 5.73 Å². The van der Waals surface area contributed by atoms with E-state index in [1.807, 2.05) is 20.8 Å². The van der Waals surface area contributed by atoms with Gasteiger partial charge in [-0.15, -0.1) is 11.1 Å². The Morgan fingerprint density at radius 2 is 1.34 bits per heavy atom. The van der Waals surface area contributed by atoms with E-state index in [9.17, 15) is 0 Å². The molecule has 0 bridgehead atoms. The van der Waals surface area contributed by atoms with Crippen molar-refractivity contribution in [3.05, 3.63) is 86.3 Å². The molecule has 0 fully saturated rings. The Morgan fingerprint density at radius 3 is 1.93 bits per heavy atom. The Balaban J connectivity index is -0.000000259. The van der Waals surface area contributed by atoms with Crippen molar-refractivity contribution in [2.45, 2.75) is 39.2 Å². The van der Waals surface area contributed by atoms with Crippen molar-refractivity contribution in [3.63, 3.8) is 0 Å². The first kappa shape index (κ1) is 35.8. The summed E-state index contributed by atoms with van der Waals surface area (Å²) in [6, 6.07) is 17.6. The average Bonchev–Trinajstić information content (AvgIpc) is 2.87. The van der Waals surface area contributed by atoms with Crippen molar-refractivity contribution in [1.82, 2.24) is 0 Å². The summed E-state index contributed by atoms with van der Waals surface area (Å²) in [5, 5.41) is 5.34. The van der Waals surface area contributed by atoms with Crippen molar-refractivity contribution in [2.75, 3.05) is 0 Å². The molecule has 5 heteroatoms. The maximum atomic E-state index is 6.94. The molecular formula is C24H29Cl2NSiTi-4. The molecule has 156 valence electrons. The van der Waals surface area contributed by atoms with Crippen LogP contribution in [0.2, 0.25) is 0 Å². The molecule has 4 radical (unpaired) electrons. The van der Waals surface area contributed by atoms with Crippen LogP contribution in [0.4, 0.5) is 0 Å². The summed E-state index contributed by atoms with van der Waals surface area (Å²) < 4.78 is 0. The summed E-state index contributed by atoms with van der Waals surface area (Å²) in [6.45, 7) is 7.77. The quantitative estimate of drug-likeness (QED) is 0.264. The first-order chi connectivity index (χ1) is 10.8. The Kier molecular flexibility index (Phi) is 17.8. The van der Waals surface area contributed by atoms with E-state index in [1.165, 1.54) is 32.7 Å². The van der Waals surface area contributed by atoms with E-state index in [0.29, 0.717) is 5.92 Å². The van der Waals surface area contributed by atoms with Gasteiger partial charge < -0.3 is 45.4 Å². The second-order valence-electron chi connectivity index (χ2n) is 7.23. The van der Waals surface area contributed by atoms with Gasteiger partial charge in [0.25, 0.3) is 0 Å². The normalized spacial score (nSPS) is 12.9. The molecule has 0 aliphatic heterocycles. The molecule has 0 spiro atoms. The SMILES string of the molecule is CC(C)(C)[NH-].CC1[C-]=Cc2c1ccc1c2ccc2ccccc21.[CH3-].[CH3-].[Cl-].[Cl-].[Si].[Ti+2]. The molecule has 3 aromatic rings. The molecule has 0 heterocycles. The van der Waals surface area contributed by atoms with Crippen LogP contribution in [-0.4, -0.2) is 16.5 Å². The fraction of sp³-hybridized carbons (Fsp3) is 0.250. The summed E-state index contributed by atoms with van der Waals surface area (Å²) in [5.41, 5.74) is 9.44. The second kappa shape index (κ2) is 14.4. The summed E-state index contributed by atoms with van der Waals surface area (Å²) in [6.07, 6.45) is 5.55. The molecule has 4 rings (SSSR count). The number of halogens is 2. The van der Waals surface area contributed by atoms with Crippen molar-refractivity contribution >= 4 is 38.6 Å². The summed E-state index contributed by atoms with van der Waals surface area (Å²) in [5.74, 6) is 0.427. The fourth-order valence-corrected chi connectivity index (χ4v) is 2.97. The van der Waals surface area contributed by atoms with Crippen LogP contribution < -0.4 is 24.8 Å². The van der Waals surface area contributed by atoms with E-state index >= 15 is 0 Å². The van der Waals surface area contributed by atoms with Gasteiger partial charge in [0.2, 0.25) is 0 Å². The maximum Gasteiger partial charge on any atom is 2.00 e. The van der Waals surface area contributed by atoms with Crippen LogP contribution in [0.3, 0.4) is 0 Å². The predicted octanol–water partition coefficient (Wildman–Crippen LogP) is 1.29. The Hall–Kier alpha value is -0.609. The Labute approximate surface area is 209 Å². The third-order valence-electron chi connectivity index (χ3n) is 3.95. The van der Waals surface area contributed by atoms with E-state index < -0.39 is 0 Å². The third kappa shape index (κ3) is 8.57. The Bertz CT molecular complexity index is 898. The third-order valence-corrected chi connectivity index (χ3v) is 3.95. The maximum absolute atomic E-state index is 6.94. The number of hydrogen-bond donors (Lipinski definition) is 0. The van der Waals surface area contributed by atoms with Gasteiger partial charge in [-0.05, 0) is 16.2 Å². The van der Waals surface area contributed by atoms with E-state index in [1.54, 1.807) is 0 Å². The Morgan fingerprint density at radius 1 is 0.828 bits per heavy atom. The van der Waals surface area contributed by atoms with Crippen LogP contribution in [0.25, 0.3) is 33.4 Å². The molecule has 29 heavy (non-hydrogen) atoms. The van der Waals surface area contributed by atoms with Gasteiger partial charge in [0.1, 0.15) is 0 Å². The van der Waals surface area contributed by atoms with Crippen LogP contribution >= 0.6 is 0 Å². The molecular weight excluding hydrogens is 449 g/mol. The van der Waals surface area contributed by atoms with E-state index in [-0.39, 0.29) is 77.9 Å². The van der Waals surface area contributed by atoms with Crippen molar-refractivity contribution in [1.29, 1.82) is 0 Å². The average molecular weight is 478 g/mol. The van der Waals surface area contributed by atoms with Crippen molar-refractivity contribution in [3.8, 4) is 0 Å². The number of hydrogen-bond acceptors (Lipinski definition) is 0. The van der Waals surface area contributed by atoms with Gasteiger partial charge in [0, 0.05) is 11.0 Å². The summed E-state index contributed by atoms with van der Waals surface area (Å²) in [4.78, 5) is 0. The van der Waals surface area contributed by atoms with E-state index in [2.05, 4.69) is 67.6 Å². The topological polar surface area (TPSA) is 23.8 Å². The minimum absolute atomic E-state index is 0. The monoisotopic (exact) mass is 477 g/mol.